The molecule has 4 heteroatoms. The molecule has 1 N–H and O–H groups in total. The fraction of sp³-hybridized carbons (Fsp3) is 0.438. The molecule has 1 heterocycles. The molecule has 4 nitrogen and oxygen atoms in total. The molecule has 1 aromatic heterocycles. The third-order valence-electron chi connectivity index (χ3n) is 3.44. The highest BCUT2D eigenvalue weighted by Gasteiger charge is 2.15. The number of hydrogen-bond acceptors (Lipinski definition) is 3. The van der Waals surface area contributed by atoms with Gasteiger partial charge in [-0.25, -0.2) is 0 Å². The predicted octanol–water partition coefficient (Wildman–Crippen LogP) is 2.67. The molecule has 0 aliphatic carbocycles. The molecular formula is C16H24N4. The minimum Gasteiger partial charge on any atom is -0.378 e. The number of rotatable bonds is 6. The summed E-state index contributed by atoms with van der Waals surface area (Å²) in [5.41, 5.74) is 3.70. The van der Waals surface area contributed by atoms with Gasteiger partial charge in [-0.15, -0.1) is 0 Å². The zero-order valence-electron chi connectivity index (χ0n) is 12.8. The topological polar surface area (TPSA) is 33.1 Å². The smallest absolute Gasteiger partial charge is 0.0608 e. The molecule has 1 aromatic carbocycles. The van der Waals surface area contributed by atoms with E-state index in [0.29, 0.717) is 0 Å². The number of benzene rings is 1. The van der Waals surface area contributed by atoms with Crippen LogP contribution in [0.1, 0.15) is 31.0 Å². The van der Waals surface area contributed by atoms with Crippen molar-refractivity contribution in [1.82, 2.24) is 15.1 Å². The second kappa shape index (κ2) is 6.57. The Labute approximate surface area is 121 Å². The van der Waals surface area contributed by atoms with Gasteiger partial charge in [0.2, 0.25) is 0 Å². The molecule has 2 rings (SSSR count). The van der Waals surface area contributed by atoms with Gasteiger partial charge in [0, 0.05) is 38.1 Å². The van der Waals surface area contributed by atoms with E-state index in [9.17, 15) is 0 Å². The van der Waals surface area contributed by atoms with Gasteiger partial charge in [-0.2, -0.15) is 5.10 Å². The van der Waals surface area contributed by atoms with Crippen LogP contribution >= 0.6 is 0 Å². The molecule has 108 valence electrons. The quantitative estimate of drug-likeness (QED) is 0.877. The van der Waals surface area contributed by atoms with Gasteiger partial charge < -0.3 is 10.2 Å². The van der Waals surface area contributed by atoms with E-state index in [2.05, 4.69) is 73.7 Å². The van der Waals surface area contributed by atoms with E-state index < -0.39 is 0 Å². The second-order valence-corrected chi connectivity index (χ2v) is 5.11. The van der Waals surface area contributed by atoms with Gasteiger partial charge in [0.25, 0.3) is 0 Å². The zero-order valence-corrected chi connectivity index (χ0v) is 12.8. The van der Waals surface area contributed by atoms with Crippen LogP contribution in [0.25, 0.3) is 0 Å². The Morgan fingerprint density at radius 2 is 2.05 bits per heavy atom. The zero-order chi connectivity index (χ0) is 14.5. The first-order chi connectivity index (χ1) is 9.65. The van der Waals surface area contributed by atoms with Crippen molar-refractivity contribution in [3.63, 3.8) is 0 Å². The third kappa shape index (κ3) is 3.20. The highest BCUT2D eigenvalue weighted by Crippen LogP contribution is 2.25. The number of aromatic nitrogens is 2. The maximum Gasteiger partial charge on any atom is 0.0608 e. The van der Waals surface area contributed by atoms with Crippen molar-refractivity contribution < 1.29 is 0 Å². The first-order valence-corrected chi connectivity index (χ1v) is 7.18. The van der Waals surface area contributed by atoms with Gasteiger partial charge >= 0.3 is 0 Å². The van der Waals surface area contributed by atoms with Gasteiger partial charge in [0.1, 0.15) is 0 Å². The summed E-state index contributed by atoms with van der Waals surface area (Å²) in [7, 11) is 4.13. The normalized spacial score (nSPS) is 12.4. The highest BCUT2D eigenvalue weighted by atomic mass is 15.3. The molecule has 0 saturated heterocycles. The molecule has 0 aliphatic rings. The molecule has 0 bridgehead atoms. The summed E-state index contributed by atoms with van der Waals surface area (Å²) in [6.07, 6.45) is 4.08. The van der Waals surface area contributed by atoms with E-state index in [1.807, 2.05) is 10.9 Å². The van der Waals surface area contributed by atoms with Crippen molar-refractivity contribution in [2.45, 2.75) is 26.4 Å². The van der Waals surface area contributed by atoms with Crippen LogP contribution in [0.2, 0.25) is 0 Å². The van der Waals surface area contributed by atoms with Crippen molar-refractivity contribution in [3.8, 4) is 0 Å². The van der Waals surface area contributed by atoms with Gasteiger partial charge in [-0.3, -0.25) is 4.68 Å². The van der Waals surface area contributed by atoms with Crippen LogP contribution in [0.15, 0.2) is 36.7 Å². The van der Waals surface area contributed by atoms with Crippen LogP contribution in [-0.4, -0.2) is 30.4 Å². The summed E-state index contributed by atoms with van der Waals surface area (Å²) in [4.78, 5) is 2.13. The lowest BCUT2D eigenvalue weighted by Gasteiger charge is -2.20. The summed E-state index contributed by atoms with van der Waals surface area (Å²) in [5, 5.41) is 7.93. The summed E-state index contributed by atoms with van der Waals surface area (Å²) < 4.78 is 1.97. The predicted molar refractivity (Wildman–Crippen MR) is 84.2 cm³/mol. The fourth-order valence-electron chi connectivity index (χ4n) is 2.32. The SMILES string of the molecule is CCNC(c1cccc(N(C)C)c1)c1cnn(CC)c1. The van der Waals surface area contributed by atoms with E-state index in [0.717, 1.165) is 13.1 Å². The van der Waals surface area contributed by atoms with Gasteiger partial charge in [0.15, 0.2) is 0 Å². The molecule has 0 aliphatic heterocycles. The van der Waals surface area contributed by atoms with Crippen molar-refractivity contribution in [3.05, 3.63) is 47.8 Å². The lowest BCUT2D eigenvalue weighted by atomic mass is 10.0. The molecule has 1 atom stereocenters. The summed E-state index contributed by atoms with van der Waals surface area (Å²) in [6, 6.07) is 8.83. The number of nitrogens with one attached hydrogen (secondary N) is 1. The molecule has 0 saturated carbocycles. The van der Waals surface area contributed by atoms with E-state index in [-0.39, 0.29) is 6.04 Å². The maximum atomic E-state index is 4.39. The molecule has 1 unspecified atom stereocenters. The fourth-order valence-corrected chi connectivity index (χ4v) is 2.32. The first kappa shape index (κ1) is 14.6. The molecular weight excluding hydrogens is 248 g/mol. The monoisotopic (exact) mass is 272 g/mol. The van der Waals surface area contributed by atoms with E-state index >= 15 is 0 Å². The van der Waals surface area contributed by atoms with Crippen LogP contribution in [0.3, 0.4) is 0 Å². The lowest BCUT2D eigenvalue weighted by Crippen LogP contribution is -2.22. The molecule has 0 amide bonds. The van der Waals surface area contributed by atoms with Crippen molar-refractivity contribution in [2.24, 2.45) is 0 Å². The Balaban J connectivity index is 2.34. The number of aryl methyl sites for hydroxylation is 1. The minimum absolute atomic E-state index is 0.195. The Bertz CT molecular complexity index is 545. The van der Waals surface area contributed by atoms with Crippen LogP contribution in [-0.2, 0) is 6.54 Å². The third-order valence-corrected chi connectivity index (χ3v) is 3.44. The van der Waals surface area contributed by atoms with Crippen LogP contribution in [0.5, 0.6) is 0 Å². The van der Waals surface area contributed by atoms with E-state index in [1.54, 1.807) is 0 Å². The van der Waals surface area contributed by atoms with E-state index in [1.165, 1.54) is 16.8 Å². The number of nitrogens with zero attached hydrogens (tertiary/aromatic N) is 3. The number of hydrogen-bond donors (Lipinski definition) is 1. The Hall–Kier alpha value is -1.81. The summed E-state index contributed by atoms with van der Waals surface area (Å²) >= 11 is 0. The maximum absolute atomic E-state index is 4.39. The second-order valence-electron chi connectivity index (χ2n) is 5.11. The van der Waals surface area contributed by atoms with Crippen LogP contribution < -0.4 is 10.2 Å². The van der Waals surface area contributed by atoms with Crippen molar-refractivity contribution in [2.75, 3.05) is 25.5 Å². The molecule has 2 aromatic rings. The molecule has 0 spiro atoms. The van der Waals surface area contributed by atoms with Gasteiger partial charge in [-0.1, -0.05) is 19.1 Å². The Kier molecular flexibility index (Phi) is 4.79. The minimum atomic E-state index is 0.195. The lowest BCUT2D eigenvalue weighted by molar-refractivity contribution is 0.625. The highest BCUT2D eigenvalue weighted by molar-refractivity contribution is 5.49. The van der Waals surface area contributed by atoms with Gasteiger partial charge in [-0.05, 0) is 31.2 Å². The molecule has 0 fully saturated rings. The number of anilines is 1. The Morgan fingerprint density at radius 1 is 1.25 bits per heavy atom. The average Bonchev–Trinajstić information content (AvgIpc) is 2.93. The van der Waals surface area contributed by atoms with Crippen molar-refractivity contribution >= 4 is 5.69 Å². The summed E-state index contributed by atoms with van der Waals surface area (Å²) in [6.45, 7) is 6.06. The van der Waals surface area contributed by atoms with Crippen LogP contribution in [0, 0.1) is 0 Å². The van der Waals surface area contributed by atoms with Crippen molar-refractivity contribution in [1.29, 1.82) is 0 Å². The first-order valence-electron chi connectivity index (χ1n) is 7.18. The van der Waals surface area contributed by atoms with Gasteiger partial charge in [0.05, 0.1) is 12.2 Å². The molecule has 20 heavy (non-hydrogen) atoms. The van der Waals surface area contributed by atoms with E-state index in [4.69, 9.17) is 0 Å². The standard InChI is InChI=1S/C16H24N4/c1-5-17-16(14-11-18-20(6-2)12-14)13-8-7-9-15(10-13)19(3)4/h7-12,16-17H,5-6H2,1-4H3. The average molecular weight is 272 g/mol. The van der Waals surface area contributed by atoms with Crippen LogP contribution in [0.4, 0.5) is 5.69 Å². The molecule has 0 radical (unpaired) electrons. The summed E-state index contributed by atoms with van der Waals surface area (Å²) in [5.74, 6) is 0. The largest absolute Gasteiger partial charge is 0.378 e. The Morgan fingerprint density at radius 3 is 2.65 bits per heavy atom.